The van der Waals surface area contributed by atoms with Crippen LogP contribution in [0.1, 0.15) is 54.3 Å². The largest absolute Gasteiger partial charge is 0.364 e. The summed E-state index contributed by atoms with van der Waals surface area (Å²) < 4.78 is 1.47. The quantitative estimate of drug-likeness (QED) is 0.764. The smallest absolute Gasteiger partial charge is 0.332 e. The van der Waals surface area contributed by atoms with Gasteiger partial charge < -0.3 is 10.7 Å². The highest BCUT2D eigenvalue weighted by Gasteiger charge is 2.24. The summed E-state index contributed by atoms with van der Waals surface area (Å²) in [7, 11) is 0. The fraction of sp³-hybridized carbons (Fsp3) is 0.333. The van der Waals surface area contributed by atoms with Crippen LogP contribution < -0.4 is 11.4 Å². The van der Waals surface area contributed by atoms with Crippen LogP contribution in [0, 0.1) is 0 Å². The lowest BCUT2D eigenvalue weighted by molar-refractivity contribution is 0.0996. The number of aromatic amines is 1. The van der Waals surface area contributed by atoms with Gasteiger partial charge in [0.25, 0.3) is 5.91 Å². The molecule has 0 bridgehead atoms. The molecule has 2 aromatic heterocycles. The molecule has 1 aliphatic carbocycles. The molecular weight excluding hydrogens is 318 g/mol. The van der Waals surface area contributed by atoms with Gasteiger partial charge >= 0.3 is 5.69 Å². The van der Waals surface area contributed by atoms with E-state index in [1.807, 2.05) is 30.3 Å². The third-order valence-electron chi connectivity index (χ3n) is 4.77. The monoisotopic (exact) mass is 337 g/mol. The summed E-state index contributed by atoms with van der Waals surface area (Å²) in [6.45, 7) is 0. The van der Waals surface area contributed by atoms with Gasteiger partial charge in [0.05, 0.1) is 5.69 Å². The molecule has 0 radical (unpaired) electrons. The summed E-state index contributed by atoms with van der Waals surface area (Å²) in [5.74, 6) is 0.140. The molecule has 3 aromatic rings. The molecule has 7 nitrogen and oxygen atoms in total. The van der Waals surface area contributed by atoms with E-state index in [4.69, 9.17) is 5.73 Å². The minimum atomic E-state index is -0.661. The summed E-state index contributed by atoms with van der Waals surface area (Å²) in [5, 5.41) is 0. The Bertz CT molecular complexity index is 984. The second kappa shape index (κ2) is 6.16. The number of imidazole rings is 1. The first-order chi connectivity index (χ1) is 12.1. The first kappa shape index (κ1) is 15.6. The molecular formula is C18H19N5O2. The van der Waals surface area contributed by atoms with Crippen LogP contribution in [0.3, 0.4) is 0 Å². The SMILES string of the molecule is NC(=O)c1nc(C2CCCCC2)nc2c1[nH]c(=O)n2-c1ccccc1. The van der Waals surface area contributed by atoms with Crippen molar-refractivity contribution in [1.82, 2.24) is 19.5 Å². The minimum absolute atomic E-state index is 0.0809. The Morgan fingerprint density at radius 1 is 1.12 bits per heavy atom. The molecule has 2 heterocycles. The molecule has 1 aliphatic rings. The van der Waals surface area contributed by atoms with Crippen molar-refractivity contribution in [3.05, 3.63) is 52.3 Å². The van der Waals surface area contributed by atoms with Gasteiger partial charge in [0.2, 0.25) is 0 Å². The lowest BCUT2D eigenvalue weighted by Gasteiger charge is -2.20. The predicted molar refractivity (Wildman–Crippen MR) is 93.8 cm³/mol. The molecule has 0 aliphatic heterocycles. The van der Waals surface area contributed by atoms with E-state index in [0.29, 0.717) is 22.7 Å². The summed E-state index contributed by atoms with van der Waals surface area (Å²) in [6.07, 6.45) is 5.43. The zero-order valence-corrected chi connectivity index (χ0v) is 13.7. The number of para-hydroxylation sites is 1. The van der Waals surface area contributed by atoms with Crippen LogP contribution in [0.25, 0.3) is 16.9 Å². The molecule has 25 heavy (non-hydrogen) atoms. The van der Waals surface area contributed by atoms with E-state index in [-0.39, 0.29) is 17.3 Å². The summed E-state index contributed by atoms with van der Waals surface area (Å²) in [4.78, 5) is 36.1. The van der Waals surface area contributed by atoms with Crippen molar-refractivity contribution in [3.8, 4) is 5.69 Å². The van der Waals surface area contributed by atoms with E-state index in [1.165, 1.54) is 11.0 Å². The van der Waals surface area contributed by atoms with E-state index >= 15 is 0 Å². The first-order valence-electron chi connectivity index (χ1n) is 8.53. The number of amides is 1. The number of nitrogens with one attached hydrogen (secondary N) is 1. The van der Waals surface area contributed by atoms with Crippen molar-refractivity contribution in [2.75, 3.05) is 0 Å². The summed E-state index contributed by atoms with van der Waals surface area (Å²) in [6, 6.07) is 9.21. The molecule has 0 spiro atoms. The fourth-order valence-corrected chi connectivity index (χ4v) is 3.54. The van der Waals surface area contributed by atoms with Gasteiger partial charge in [0, 0.05) is 5.92 Å². The predicted octanol–water partition coefficient (Wildman–Crippen LogP) is 2.26. The topological polar surface area (TPSA) is 107 Å². The van der Waals surface area contributed by atoms with Gasteiger partial charge in [-0.2, -0.15) is 0 Å². The standard InChI is InChI=1S/C18H19N5O2/c19-15(24)13-14-17(22-16(20-13)11-7-3-1-4-8-11)23(18(25)21-14)12-9-5-2-6-10-12/h2,5-6,9-11H,1,3-4,7-8H2,(H2,19,24)(H,21,25). The number of primary amides is 1. The van der Waals surface area contributed by atoms with E-state index in [0.717, 1.165) is 25.7 Å². The lowest BCUT2D eigenvalue weighted by atomic mass is 9.88. The number of aromatic nitrogens is 4. The van der Waals surface area contributed by atoms with E-state index in [1.54, 1.807) is 0 Å². The van der Waals surface area contributed by atoms with Crippen LogP contribution >= 0.6 is 0 Å². The van der Waals surface area contributed by atoms with E-state index in [2.05, 4.69) is 15.0 Å². The highest BCUT2D eigenvalue weighted by molar-refractivity contribution is 6.01. The fourth-order valence-electron chi connectivity index (χ4n) is 3.54. The molecule has 0 saturated heterocycles. The lowest BCUT2D eigenvalue weighted by Crippen LogP contribution is -2.18. The number of rotatable bonds is 3. The summed E-state index contributed by atoms with van der Waals surface area (Å²) >= 11 is 0. The molecule has 1 aromatic carbocycles. The number of H-pyrrole nitrogens is 1. The average molecular weight is 337 g/mol. The minimum Gasteiger partial charge on any atom is -0.364 e. The Morgan fingerprint density at radius 2 is 1.84 bits per heavy atom. The highest BCUT2D eigenvalue weighted by atomic mass is 16.2. The van der Waals surface area contributed by atoms with Crippen LogP contribution in [0.4, 0.5) is 0 Å². The van der Waals surface area contributed by atoms with E-state index < -0.39 is 5.91 Å². The van der Waals surface area contributed by atoms with Gasteiger partial charge in [-0.1, -0.05) is 37.5 Å². The number of benzene rings is 1. The van der Waals surface area contributed by atoms with Crippen molar-refractivity contribution >= 4 is 17.1 Å². The van der Waals surface area contributed by atoms with Gasteiger partial charge in [-0.05, 0) is 25.0 Å². The molecule has 4 rings (SSSR count). The molecule has 128 valence electrons. The third-order valence-corrected chi connectivity index (χ3v) is 4.77. The Balaban J connectivity index is 1.98. The molecule has 3 N–H and O–H groups in total. The van der Waals surface area contributed by atoms with Crippen LogP contribution in [-0.2, 0) is 0 Å². The molecule has 0 unspecified atom stereocenters. The van der Waals surface area contributed by atoms with E-state index in [9.17, 15) is 9.59 Å². The van der Waals surface area contributed by atoms with Crippen LogP contribution in [-0.4, -0.2) is 25.4 Å². The Hall–Kier alpha value is -2.96. The van der Waals surface area contributed by atoms with Crippen molar-refractivity contribution in [1.29, 1.82) is 0 Å². The van der Waals surface area contributed by atoms with Crippen molar-refractivity contribution in [3.63, 3.8) is 0 Å². The molecule has 1 saturated carbocycles. The van der Waals surface area contributed by atoms with Crippen molar-refractivity contribution < 1.29 is 4.79 Å². The molecule has 1 fully saturated rings. The number of fused-ring (bicyclic) bond motifs is 1. The highest BCUT2D eigenvalue weighted by Crippen LogP contribution is 2.31. The van der Waals surface area contributed by atoms with Gasteiger partial charge in [-0.15, -0.1) is 0 Å². The number of hydrogen-bond acceptors (Lipinski definition) is 4. The van der Waals surface area contributed by atoms with Crippen LogP contribution in [0.2, 0.25) is 0 Å². The Labute approximate surface area is 143 Å². The zero-order chi connectivity index (χ0) is 17.4. The summed E-state index contributed by atoms with van der Waals surface area (Å²) in [5.41, 5.74) is 6.61. The number of nitrogens with two attached hydrogens (primary N) is 1. The first-order valence-corrected chi connectivity index (χ1v) is 8.53. The van der Waals surface area contributed by atoms with Gasteiger partial charge in [0.15, 0.2) is 11.3 Å². The molecule has 7 heteroatoms. The second-order valence-corrected chi connectivity index (χ2v) is 6.43. The average Bonchev–Trinajstić information content (AvgIpc) is 2.98. The number of nitrogens with zero attached hydrogens (tertiary/aromatic N) is 3. The van der Waals surface area contributed by atoms with Crippen molar-refractivity contribution in [2.45, 2.75) is 38.0 Å². The van der Waals surface area contributed by atoms with Crippen molar-refractivity contribution in [2.24, 2.45) is 5.73 Å². The Morgan fingerprint density at radius 3 is 2.52 bits per heavy atom. The zero-order valence-electron chi connectivity index (χ0n) is 13.7. The third kappa shape index (κ3) is 2.71. The van der Waals surface area contributed by atoms with Gasteiger partial charge in [0.1, 0.15) is 11.3 Å². The molecule has 0 atom stereocenters. The normalized spacial score (nSPS) is 15.5. The second-order valence-electron chi connectivity index (χ2n) is 6.43. The number of carbonyl (C=O) groups excluding carboxylic acids is 1. The number of hydrogen-bond donors (Lipinski definition) is 2. The molecule has 1 amide bonds. The number of carbonyl (C=O) groups is 1. The van der Waals surface area contributed by atoms with Gasteiger partial charge in [-0.3, -0.25) is 4.79 Å². The van der Waals surface area contributed by atoms with Gasteiger partial charge in [-0.25, -0.2) is 19.3 Å². The van der Waals surface area contributed by atoms with Crippen LogP contribution in [0.15, 0.2) is 35.1 Å². The Kier molecular flexibility index (Phi) is 3.83. The maximum absolute atomic E-state index is 12.5. The maximum Gasteiger partial charge on any atom is 0.332 e. The van der Waals surface area contributed by atoms with Crippen LogP contribution in [0.5, 0.6) is 0 Å². The maximum atomic E-state index is 12.5.